The van der Waals surface area contributed by atoms with Gasteiger partial charge in [-0.25, -0.2) is 0 Å². The van der Waals surface area contributed by atoms with Crippen LogP contribution in [-0.4, -0.2) is 20.7 Å². The van der Waals surface area contributed by atoms with E-state index >= 15 is 0 Å². The molecule has 0 atom stereocenters. The van der Waals surface area contributed by atoms with Gasteiger partial charge in [-0.05, 0) is 31.5 Å². The predicted octanol–water partition coefficient (Wildman–Crippen LogP) is 4.84. The van der Waals surface area contributed by atoms with Gasteiger partial charge in [0, 0.05) is 16.9 Å². The minimum absolute atomic E-state index is 0.00933. The third kappa shape index (κ3) is 5.48. The Bertz CT molecular complexity index is 987. The van der Waals surface area contributed by atoms with Crippen LogP contribution in [0.15, 0.2) is 53.7 Å². The van der Waals surface area contributed by atoms with Gasteiger partial charge in [0.2, 0.25) is 5.91 Å². The summed E-state index contributed by atoms with van der Waals surface area (Å²) in [6, 6.07) is 16.7. The van der Waals surface area contributed by atoms with E-state index in [2.05, 4.69) is 77.9 Å². The van der Waals surface area contributed by atoms with E-state index in [1.165, 1.54) is 16.7 Å². The lowest BCUT2D eigenvalue weighted by Gasteiger charge is -2.18. The van der Waals surface area contributed by atoms with Crippen LogP contribution in [0.1, 0.15) is 43.3 Å². The second-order valence-electron chi connectivity index (χ2n) is 8.28. The standard InChI is InChI=1S/C23H28N4OS/c1-16-9-11-19(12-10-16)27-20(14-24-21(28)23(3,4)5)25-26-22(27)29-15-18-8-6-7-17(2)13-18/h6-13H,14-15H2,1-5H3,(H,24,28). The zero-order valence-electron chi connectivity index (χ0n) is 17.7. The smallest absolute Gasteiger partial charge is 0.225 e. The summed E-state index contributed by atoms with van der Waals surface area (Å²) in [5.41, 5.74) is 4.23. The fraction of sp³-hybridized carbons (Fsp3) is 0.348. The van der Waals surface area contributed by atoms with Crippen LogP contribution in [0.25, 0.3) is 5.69 Å². The molecule has 2 aromatic carbocycles. The third-order valence-corrected chi connectivity index (χ3v) is 5.53. The van der Waals surface area contributed by atoms with Crippen LogP contribution in [0, 0.1) is 19.3 Å². The number of hydrogen-bond donors (Lipinski definition) is 1. The number of nitrogens with zero attached hydrogens (tertiary/aromatic N) is 3. The number of hydrogen-bond acceptors (Lipinski definition) is 4. The SMILES string of the molecule is Cc1ccc(-n2c(CNC(=O)C(C)(C)C)nnc2SCc2cccc(C)c2)cc1. The first-order valence-corrected chi connectivity index (χ1v) is 10.7. The third-order valence-electron chi connectivity index (χ3n) is 4.53. The van der Waals surface area contributed by atoms with Crippen molar-refractivity contribution in [2.24, 2.45) is 5.41 Å². The molecule has 0 saturated carbocycles. The van der Waals surface area contributed by atoms with Crippen molar-refractivity contribution in [3.05, 3.63) is 71.0 Å². The molecule has 3 aromatic rings. The Kier molecular flexibility index (Phi) is 6.42. The van der Waals surface area contributed by atoms with Crippen molar-refractivity contribution < 1.29 is 4.79 Å². The highest BCUT2D eigenvalue weighted by Crippen LogP contribution is 2.26. The number of carbonyl (C=O) groups excluding carboxylic acids is 1. The average molecular weight is 409 g/mol. The van der Waals surface area contributed by atoms with Gasteiger partial charge < -0.3 is 5.32 Å². The molecule has 152 valence electrons. The molecule has 0 radical (unpaired) electrons. The van der Waals surface area contributed by atoms with Gasteiger partial charge >= 0.3 is 0 Å². The van der Waals surface area contributed by atoms with E-state index in [1.54, 1.807) is 11.8 Å². The molecular weight excluding hydrogens is 380 g/mol. The van der Waals surface area contributed by atoms with Gasteiger partial charge in [0.05, 0.1) is 6.54 Å². The molecule has 0 saturated heterocycles. The molecule has 1 amide bonds. The Labute approximate surface area is 176 Å². The normalized spacial score (nSPS) is 11.5. The van der Waals surface area contributed by atoms with Crippen LogP contribution >= 0.6 is 11.8 Å². The van der Waals surface area contributed by atoms with E-state index in [-0.39, 0.29) is 5.91 Å². The summed E-state index contributed by atoms with van der Waals surface area (Å²) in [5.74, 6) is 1.52. The summed E-state index contributed by atoms with van der Waals surface area (Å²) in [7, 11) is 0. The predicted molar refractivity (Wildman–Crippen MR) is 118 cm³/mol. The summed E-state index contributed by atoms with van der Waals surface area (Å²) in [6.45, 7) is 10.2. The highest BCUT2D eigenvalue weighted by molar-refractivity contribution is 7.98. The van der Waals surface area contributed by atoms with Crippen molar-refractivity contribution in [1.82, 2.24) is 20.1 Å². The lowest BCUT2D eigenvalue weighted by atomic mass is 9.96. The highest BCUT2D eigenvalue weighted by Gasteiger charge is 2.22. The van der Waals surface area contributed by atoms with E-state index in [1.807, 2.05) is 25.3 Å². The molecule has 5 nitrogen and oxygen atoms in total. The summed E-state index contributed by atoms with van der Waals surface area (Å²) < 4.78 is 2.03. The molecule has 1 aromatic heterocycles. The number of thioether (sulfide) groups is 1. The Morgan fingerprint density at radius 1 is 1.03 bits per heavy atom. The van der Waals surface area contributed by atoms with E-state index in [0.717, 1.165) is 22.4 Å². The number of amides is 1. The number of aromatic nitrogens is 3. The molecule has 0 aliphatic rings. The fourth-order valence-electron chi connectivity index (χ4n) is 2.84. The number of aryl methyl sites for hydroxylation is 2. The molecule has 0 aliphatic heterocycles. The molecule has 6 heteroatoms. The largest absolute Gasteiger partial charge is 0.348 e. The van der Waals surface area contributed by atoms with E-state index in [9.17, 15) is 4.79 Å². The van der Waals surface area contributed by atoms with Gasteiger partial charge in [0.1, 0.15) is 0 Å². The maximum Gasteiger partial charge on any atom is 0.225 e. The summed E-state index contributed by atoms with van der Waals surface area (Å²) >= 11 is 1.65. The van der Waals surface area contributed by atoms with Crippen LogP contribution in [0.5, 0.6) is 0 Å². The Balaban J connectivity index is 1.86. The molecular formula is C23H28N4OS. The van der Waals surface area contributed by atoms with E-state index < -0.39 is 5.41 Å². The lowest BCUT2D eigenvalue weighted by Crippen LogP contribution is -2.35. The van der Waals surface area contributed by atoms with Crippen LogP contribution < -0.4 is 5.32 Å². The molecule has 0 unspecified atom stereocenters. The van der Waals surface area contributed by atoms with Gasteiger partial charge in [-0.1, -0.05) is 80.1 Å². The van der Waals surface area contributed by atoms with Gasteiger partial charge in [-0.2, -0.15) is 0 Å². The van der Waals surface area contributed by atoms with Crippen molar-refractivity contribution in [3.63, 3.8) is 0 Å². The minimum atomic E-state index is -0.447. The number of nitrogens with one attached hydrogen (secondary N) is 1. The zero-order valence-corrected chi connectivity index (χ0v) is 18.5. The monoisotopic (exact) mass is 408 g/mol. The zero-order chi connectivity index (χ0) is 21.0. The first-order valence-electron chi connectivity index (χ1n) is 9.72. The van der Waals surface area contributed by atoms with Gasteiger partial charge in [0.25, 0.3) is 0 Å². The van der Waals surface area contributed by atoms with Crippen molar-refractivity contribution >= 4 is 17.7 Å². The van der Waals surface area contributed by atoms with Crippen LogP contribution in [0.2, 0.25) is 0 Å². The van der Waals surface area contributed by atoms with Crippen LogP contribution in [0.3, 0.4) is 0 Å². The Morgan fingerprint density at radius 3 is 2.41 bits per heavy atom. The molecule has 29 heavy (non-hydrogen) atoms. The van der Waals surface area contributed by atoms with Crippen LogP contribution in [-0.2, 0) is 17.1 Å². The van der Waals surface area contributed by atoms with Gasteiger partial charge in [0.15, 0.2) is 11.0 Å². The molecule has 0 bridgehead atoms. The van der Waals surface area contributed by atoms with Crippen LogP contribution in [0.4, 0.5) is 0 Å². The average Bonchev–Trinajstić information content (AvgIpc) is 3.07. The van der Waals surface area contributed by atoms with E-state index in [4.69, 9.17) is 0 Å². The first kappa shape index (κ1) is 21.1. The second kappa shape index (κ2) is 8.82. The molecule has 0 spiro atoms. The minimum Gasteiger partial charge on any atom is -0.348 e. The van der Waals surface area contributed by atoms with Crippen molar-refractivity contribution in [2.45, 2.75) is 52.1 Å². The van der Waals surface area contributed by atoms with Crippen molar-refractivity contribution in [1.29, 1.82) is 0 Å². The Hall–Kier alpha value is -2.60. The number of carbonyl (C=O) groups is 1. The second-order valence-corrected chi connectivity index (χ2v) is 9.22. The van der Waals surface area contributed by atoms with E-state index in [0.29, 0.717) is 6.54 Å². The topological polar surface area (TPSA) is 59.8 Å². The number of benzene rings is 2. The lowest BCUT2D eigenvalue weighted by molar-refractivity contribution is -0.128. The molecule has 1 heterocycles. The quantitative estimate of drug-likeness (QED) is 0.593. The Morgan fingerprint density at radius 2 is 1.76 bits per heavy atom. The summed E-state index contributed by atoms with van der Waals surface area (Å²) in [4.78, 5) is 12.3. The molecule has 3 rings (SSSR count). The van der Waals surface area contributed by atoms with Crippen molar-refractivity contribution in [2.75, 3.05) is 0 Å². The van der Waals surface area contributed by atoms with Gasteiger partial charge in [-0.15, -0.1) is 10.2 Å². The number of rotatable bonds is 6. The molecule has 0 aliphatic carbocycles. The van der Waals surface area contributed by atoms with Crippen molar-refractivity contribution in [3.8, 4) is 5.69 Å². The summed E-state index contributed by atoms with van der Waals surface area (Å²) in [6.07, 6.45) is 0. The summed E-state index contributed by atoms with van der Waals surface area (Å²) in [5, 5.41) is 12.6. The fourth-order valence-corrected chi connectivity index (χ4v) is 3.75. The molecule has 0 fully saturated rings. The highest BCUT2D eigenvalue weighted by atomic mass is 32.2. The van der Waals surface area contributed by atoms with Gasteiger partial charge in [-0.3, -0.25) is 9.36 Å². The first-order chi connectivity index (χ1) is 13.7. The maximum absolute atomic E-state index is 12.3. The maximum atomic E-state index is 12.3. The molecule has 1 N–H and O–H groups in total.